The van der Waals surface area contributed by atoms with Crippen LogP contribution in [0.25, 0.3) is 5.57 Å². The highest BCUT2D eigenvalue weighted by Crippen LogP contribution is 2.26. The van der Waals surface area contributed by atoms with Gasteiger partial charge in [0.1, 0.15) is 0 Å². The van der Waals surface area contributed by atoms with Crippen LogP contribution in [0.4, 0.5) is 0 Å². The fourth-order valence-corrected chi connectivity index (χ4v) is 2.10. The molecule has 0 saturated heterocycles. The third-order valence-corrected chi connectivity index (χ3v) is 3.15. The number of carbonyl (C=O) groups is 1. The zero-order valence-corrected chi connectivity index (χ0v) is 9.99. The summed E-state index contributed by atoms with van der Waals surface area (Å²) < 4.78 is 0. The molecule has 0 amide bonds. The summed E-state index contributed by atoms with van der Waals surface area (Å²) in [6, 6.07) is 8.61. The summed E-state index contributed by atoms with van der Waals surface area (Å²) in [7, 11) is 0. The zero-order valence-electron chi connectivity index (χ0n) is 9.99. The van der Waals surface area contributed by atoms with Crippen molar-refractivity contribution in [3.63, 3.8) is 0 Å². The molecule has 0 N–H and O–H groups in total. The van der Waals surface area contributed by atoms with E-state index in [4.69, 9.17) is 0 Å². The first kappa shape index (κ1) is 11.1. The van der Waals surface area contributed by atoms with Crippen molar-refractivity contribution in [3.05, 3.63) is 41.5 Å². The molecule has 0 radical (unpaired) electrons. The Labute approximate surface area is 97.2 Å². The average Bonchev–Trinajstić information content (AvgIpc) is 2.29. The van der Waals surface area contributed by atoms with E-state index in [9.17, 15) is 4.79 Å². The molecule has 1 nitrogen and oxygen atoms in total. The van der Waals surface area contributed by atoms with E-state index in [2.05, 4.69) is 38.1 Å². The molecule has 2 rings (SSSR count). The summed E-state index contributed by atoms with van der Waals surface area (Å²) in [6.07, 6.45) is 4.56. The van der Waals surface area contributed by atoms with Crippen molar-refractivity contribution < 1.29 is 4.79 Å². The number of carbonyl (C=O) groups excluding carboxylic acids is 1. The molecular weight excluding hydrogens is 196 g/mol. The predicted octanol–water partition coefficient (Wildman–Crippen LogP) is 3.95. The minimum absolute atomic E-state index is 0.272. The molecule has 1 aliphatic carbocycles. The second-order valence-electron chi connectivity index (χ2n) is 4.77. The minimum atomic E-state index is 0.272. The second kappa shape index (κ2) is 4.65. The van der Waals surface area contributed by atoms with Gasteiger partial charge in [-0.1, -0.05) is 38.1 Å². The van der Waals surface area contributed by atoms with Gasteiger partial charge in [-0.2, -0.15) is 0 Å². The summed E-state index contributed by atoms with van der Waals surface area (Å²) in [6.45, 7) is 4.39. The highest BCUT2D eigenvalue weighted by Gasteiger charge is 2.11. The SMILES string of the molecule is CC(C)c1ccc(C2=CC(=O)CCC2)cc1. The van der Waals surface area contributed by atoms with Crippen LogP contribution in [0.2, 0.25) is 0 Å². The number of ketones is 1. The Bertz CT molecular complexity index is 410. The Hall–Kier alpha value is -1.37. The standard InChI is InChI=1S/C15H18O/c1-11(2)12-6-8-13(9-7-12)14-4-3-5-15(16)10-14/h6-11H,3-5H2,1-2H3. The maximum atomic E-state index is 11.3. The molecule has 0 heterocycles. The van der Waals surface area contributed by atoms with Gasteiger partial charge in [-0.05, 0) is 41.5 Å². The van der Waals surface area contributed by atoms with Gasteiger partial charge in [0.05, 0.1) is 0 Å². The van der Waals surface area contributed by atoms with Crippen LogP contribution >= 0.6 is 0 Å². The maximum absolute atomic E-state index is 11.3. The van der Waals surface area contributed by atoms with Gasteiger partial charge < -0.3 is 0 Å². The maximum Gasteiger partial charge on any atom is 0.155 e. The van der Waals surface area contributed by atoms with Crippen LogP contribution in [0.3, 0.4) is 0 Å². The summed E-state index contributed by atoms with van der Waals surface area (Å²) in [5, 5.41) is 0. The molecule has 1 aromatic rings. The summed E-state index contributed by atoms with van der Waals surface area (Å²) in [4.78, 5) is 11.3. The lowest BCUT2D eigenvalue weighted by atomic mass is 9.91. The Morgan fingerprint density at radius 1 is 1.06 bits per heavy atom. The van der Waals surface area contributed by atoms with Crippen LogP contribution in [0.1, 0.15) is 50.2 Å². The van der Waals surface area contributed by atoms with Crippen molar-refractivity contribution in [2.75, 3.05) is 0 Å². The Morgan fingerprint density at radius 3 is 2.31 bits per heavy atom. The molecular formula is C15H18O. The highest BCUT2D eigenvalue weighted by atomic mass is 16.1. The lowest BCUT2D eigenvalue weighted by Crippen LogP contribution is -2.02. The van der Waals surface area contributed by atoms with Gasteiger partial charge >= 0.3 is 0 Å². The highest BCUT2D eigenvalue weighted by molar-refractivity contribution is 5.98. The number of hydrogen-bond acceptors (Lipinski definition) is 1. The van der Waals surface area contributed by atoms with Crippen molar-refractivity contribution in [3.8, 4) is 0 Å². The Kier molecular flexibility index (Phi) is 3.23. The molecule has 0 saturated carbocycles. The minimum Gasteiger partial charge on any atom is -0.295 e. The molecule has 84 valence electrons. The number of allylic oxidation sites excluding steroid dienone is 2. The van der Waals surface area contributed by atoms with E-state index in [-0.39, 0.29) is 5.78 Å². The van der Waals surface area contributed by atoms with Gasteiger partial charge in [0.15, 0.2) is 5.78 Å². The van der Waals surface area contributed by atoms with Crippen molar-refractivity contribution >= 4 is 11.4 Å². The van der Waals surface area contributed by atoms with Crippen molar-refractivity contribution in [2.24, 2.45) is 0 Å². The first-order valence-corrected chi connectivity index (χ1v) is 6.00. The van der Waals surface area contributed by atoms with Gasteiger partial charge in [-0.3, -0.25) is 4.79 Å². The summed E-state index contributed by atoms with van der Waals surface area (Å²) >= 11 is 0. The van der Waals surface area contributed by atoms with E-state index in [0.29, 0.717) is 12.3 Å². The molecule has 0 spiro atoms. The fraction of sp³-hybridized carbons (Fsp3) is 0.400. The average molecular weight is 214 g/mol. The monoisotopic (exact) mass is 214 g/mol. The van der Waals surface area contributed by atoms with E-state index >= 15 is 0 Å². The van der Waals surface area contributed by atoms with E-state index < -0.39 is 0 Å². The van der Waals surface area contributed by atoms with Gasteiger partial charge in [0, 0.05) is 6.42 Å². The van der Waals surface area contributed by atoms with Crippen LogP contribution in [-0.4, -0.2) is 5.78 Å². The normalized spacial score (nSPS) is 16.4. The van der Waals surface area contributed by atoms with Crippen LogP contribution in [-0.2, 0) is 4.79 Å². The molecule has 0 unspecified atom stereocenters. The van der Waals surface area contributed by atoms with Crippen LogP contribution < -0.4 is 0 Å². The molecule has 1 aliphatic rings. The Morgan fingerprint density at radius 2 is 1.75 bits per heavy atom. The van der Waals surface area contributed by atoms with Crippen molar-refractivity contribution in [1.29, 1.82) is 0 Å². The van der Waals surface area contributed by atoms with Crippen LogP contribution in [0.15, 0.2) is 30.3 Å². The first-order valence-electron chi connectivity index (χ1n) is 6.00. The number of hydrogen-bond donors (Lipinski definition) is 0. The topological polar surface area (TPSA) is 17.1 Å². The molecule has 16 heavy (non-hydrogen) atoms. The molecule has 1 heteroatoms. The number of benzene rings is 1. The van der Waals surface area contributed by atoms with Crippen molar-refractivity contribution in [2.45, 2.75) is 39.0 Å². The van der Waals surface area contributed by atoms with Crippen LogP contribution in [0, 0.1) is 0 Å². The second-order valence-corrected chi connectivity index (χ2v) is 4.77. The lowest BCUT2D eigenvalue weighted by molar-refractivity contribution is -0.114. The molecule has 0 aromatic heterocycles. The quantitative estimate of drug-likeness (QED) is 0.728. The van der Waals surface area contributed by atoms with Gasteiger partial charge in [-0.15, -0.1) is 0 Å². The summed E-state index contributed by atoms with van der Waals surface area (Å²) in [5.41, 5.74) is 3.76. The molecule has 1 aromatic carbocycles. The third kappa shape index (κ3) is 2.41. The van der Waals surface area contributed by atoms with Crippen LogP contribution in [0.5, 0.6) is 0 Å². The van der Waals surface area contributed by atoms with Gasteiger partial charge in [0.2, 0.25) is 0 Å². The van der Waals surface area contributed by atoms with E-state index in [1.54, 1.807) is 0 Å². The smallest absolute Gasteiger partial charge is 0.155 e. The molecule has 0 aliphatic heterocycles. The largest absolute Gasteiger partial charge is 0.295 e. The zero-order chi connectivity index (χ0) is 11.5. The Balaban J connectivity index is 2.24. The molecule has 0 fully saturated rings. The van der Waals surface area contributed by atoms with E-state index in [0.717, 1.165) is 12.8 Å². The lowest BCUT2D eigenvalue weighted by Gasteiger charge is -2.13. The molecule has 0 bridgehead atoms. The van der Waals surface area contributed by atoms with Crippen molar-refractivity contribution in [1.82, 2.24) is 0 Å². The first-order chi connectivity index (χ1) is 7.66. The van der Waals surface area contributed by atoms with E-state index in [1.807, 2.05) is 6.08 Å². The van der Waals surface area contributed by atoms with Gasteiger partial charge in [-0.25, -0.2) is 0 Å². The fourth-order valence-electron chi connectivity index (χ4n) is 2.10. The predicted molar refractivity (Wildman–Crippen MR) is 67.4 cm³/mol. The van der Waals surface area contributed by atoms with Gasteiger partial charge in [0.25, 0.3) is 0 Å². The van der Waals surface area contributed by atoms with E-state index in [1.165, 1.54) is 16.7 Å². The number of rotatable bonds is 2. The molecule has 0 atom stereocenters. The third-order valence-electron chi connectivity index (χ3n) is 3.15. The summed E-state index contributed by atoms with van der Waals surface area (Å²) in [5.74, 6) is 0.838.